The van der Waals surface area contributed by atoms with Gasteiger partial charge in [0.15, 0.2) is 23.3 Å². The summed E-state index contributed by atoms with van der Waals surface area (Å²) < 4.78 is 66.3. The van der Waals surface area contributed by atoms with Crippen molar-refractivity contribution in [3.8, 4) is 11.3 Å². The van der Waals surface area contributed by atoms with Crippen molar-refractivity contribution < 1.29 is 31.9 Å². The fourth-order valence-electron chi connectivity index (χ4n) is 1.62. The summed E-state index contributed by atoms with van der Waals surface area (Å²) in [4.78, 5) is 14.3. The summed E-state index contributed by atoms with van der Waals surface area (Å²) >= 11 is 0. The van der Waals surface area contributed by atoms with Crippen molar-refractivity contribution in [3.05, 3.63) is 46.9 Å². The molecule has 0 aliphatic heterocycles. The summed E-state index contributed by atoms with van der Waals surface area (Å²) in [5.41, 5.74) is 2.32. The fourth-order valence-corrected chi connectivity index (χ4v) is 1.62. The number of halogens is 5. The SMILES string of the molecule is Nc1cnc(-c2c(F)c(F)c(F)c(F)c2F)cc1C(=O)O. The van der Waals surface area contributed by atoms with Crippen LogP contribution in [0.4, 0.5) is 27.6 Å². The molecule has 3 N–H and O–H groups in total. The lowest BCUT2D eigenvalue weighted by Crippen LogP contribution is -2.07. The summed E-state index contributed by atoms with van der Waals surface area (Å²) in [6, 6.07) is 0.621. The Bertz CT molecular complexity index is 735. The van der Waals surface area contributed by atoms with Gasteiger partial charge in [-0.1, -0.05) is 0 Å². The zero-order valence-electron chi connectivity index (χ0n) is 9.92. The van der Waals surface area contributed by atoms with Gasteiger partial charge < -0.3 is 10.8 Å². The molecule has 2 rings (SSSR count). The second-order valence-corrected chi connectivity index (χ2v) is 3.91. The highest BCUT2D eigenvalue weighted by Crippen LogP contribution is 2.31. The summed E-state index contributed by atoms with van der Waals surface area (Å²) in [6.07, 6.45) is 0.747. The van der Waals surface area contributed by atoms with Crippen LogP contribution in [0.15, 0.2) is 12.3 Å². The molecule has 2 aromatic rings. The number of benzene rings is 1. The minimum Gasteiger partial charge on any atom is -0.478 e. The summed E-state index contributed by atoms with van der Waals surface area (Å²) in [6.45, 7) is 0. The Morgan fingerprint density at radius 2 is 1.48 bits per heavy atom. The maximum atomic E-state index is 13.6. The van der Waals surface area contributed by atoms with E-state index in [1.165, 1.54) is 0 Å². The lowest BCUT2D eigenvalue weighted by atomic mass is 10.1. The standard InChI is InChI=1S/C12H5F5N2O2/c13-7-6(8(14)10(16)11(17)9(7)15)5-1-3(12(20)21)4(18)2-19-5/h1-2H,18H2,(H,20,21). The predicted octanol–water partition coefficient (Wildman–Crippen LogP) is 2.72. The van der Waals surface area contributed by atoms with E-state index >= 15 is 0 Å². The molecule has 110 valence electrons. The topological polar surface area (TPSA) is 76.2 Å². The van der Waals surface area contributed by atoms with E-state index in [0.717, 1.165) is 6.20 Å². The number of anilines is 1. The Morgan fingerprint density at radius 1 is 1.00 bits per heavy atom. The van der Waals surface area contributed by atoms with Gasteiger partial charge in [0.05, 0.1) is 28.7 Å². The van der Waals surface area contributed by atoms with Crippen molar-refractivity contribution in [2.24, 2.45) is 0 Å². The van der Waals surface area contributed by atoms with Gasteiger partial charge in [0.25, 0.3) is 0 Å². The maximum Gasteiger partial charge on any atom is 0.337 e. The van der Waals surface area contributed by atoms with Crippen molar-refractivity contribution in [1.29, 1.82) is 0 Å². The number of nitrogen functional groups attached to an aromatic ring is 1. The number of aromatic nitrogens is 1. The molecule has 0 amide bonds. The van der Waals surface area contributed by atoms with Gasteiger partial charge >= 0.3 is 5.97 Å². The number of nitrogens with two attached hydrogens (primary N) is 1. The van der Waals surface area contributed by atoms with Crippen LogP contribution in [0, 0.1) is 29.1 Å². The zero-order valence-corrected chi connectivity index (χ0v) is 9.92. The molecule has 0 saturated carbocycles. The number of hydrogen-bond acceptors (Lipinski definition) is 3. The van der Waals surface area contributed by atoms with Crippen LogP contribution >= 0.6 is 0 Å². The first-order valence-corrected chi connectivity index (χ1v) is 5.26. The van der Waals surface area contributed by atoms with Crippen LogP contribution in [0.1, 0.15) is 10.4 Å². The van der Waals surface area contributed by atoms with Gasteiger partial charge in [-0.25, -0.2) is 26.7 Å². The zero-order chi connectivity index (χ0) is 15.9. The first-order valence-electron chi connectivity index (χ1n) is 5.26. The number of carboxylic acids is 1. The van der Waals surface area contributed by atoms with Gasteiger partial charge in [0.1, 0.15) is 0 Å². The molecular weight excluding hydrogens is 299 g/mol. The summed E-state index contributed by atoms with van der Waals surface area (Å²) in [5.74, 6) is -12.4. The normalized spacial score (nSPS) is 10.7. The van der Waals surface area contributed by atoms with E-state index in [1.807, 2.05) is 0 Å². The number of pyridine rings is 1. The lowest BCUT2D eigenvalue weighted by molar-refractivity contribution is 0.0698. The molecule has 9 heteroatoms. The number of carbonyl (C=O) groups is 1. The fraction of sp³-hybridized carbons (Fsp3) is 0. The first-order chi connectivity index (χ1) is 9.75. The van der Waals surface area contributed by atoms with Gasteiger partial charge in [0, 0.05) is 0 Å². The average molecular weight is 304 g/mol. The Labute approximate surface area is 113 Å². The minimum absolute atomic E-state index is 0.324. The van der Waals surface area contributed by atoms with Crippen LogP contribution in [0.5, 0.6) is 0 Å². The summed E-state index contributed by atoms with van der Waals surface area (Å²) in [7, 11) is 0. The van der Waals surface area contributed by atoms with Gasteiger partial charge in [-0.15, -0.1) is 0 Å². The molecule has 21 heavy (non-hydrogen) atoms. The van der Waals surface area contributed by atoms with Crippen molar-refractivity contribution in [3.63, 3.8) is 0 Å². The molecule has 1 aromatic heterocycles. The quantitative estimate of drug-likeness (QED) is 0.508. The second-order valence-electron chi connectivity index (χ2n) is 3.91. The summed E-state index contributed by atoms with van der Waals surface area (Å²) in [5, 5.41) is 8.83. The van der Waals surface area contributed by atoms with Crippen LogP contribution in [-0.4, -0.2) is 16.1 Å². The Morgan fingerprint density at radius 3 is 1.95 bits per heavy atom. The van der Waals surface area contributed by atoms with Crippen LogP contribution in [0.2, 0.25) is 0 Å². The van der Waals surface area contributed by atoms with Crippen LogP contribution < -0.4 is 5.73 Å². The third kappa shape index (κ3) is 2.26. The van der Waals surface area contributed by atoms with E-state index in [-0.39, 0.29) is 5.69 Å². The smallest absolute Gasteiger partial charge is 0.337 e. The number of nitrogens with zero attached hydrogens (tertiary/aromatic N) is 1. The first kappa shape index (κ1) is 14.7. The van der Waals surface area contributed by atoms with Gasteiger partial charge in [-0.2, -0.15) is 0 Å². The van der Waals surface area contributed by atoms with E-state index in [1.54, 1.807) is 0 Å². The number of rotatable bonds is 2. The van der Waals surface area contributed by atoms with E-state index in [0.29, 0.717) is 6.07 Å². The molecule has 0 bridgehead atoms. The van der Waals surface area contributed by atoms with Crippen molar-refractivity contribution in [2.75, 3.05) is 5.73 Å². The molecule has 0 aliphatic carbocycles. The number of carboxylic acid groups (broad SMARTS) is 1. The van der Waals surface area contributed by atoms with E-state index in [9.17, 15) is 26.7 Å². The molecule has 0 fully saturated rings. The van der Waals surface area contributed by atoms with E-state index < -0.39 is 51.9 Å². The van der Waals surface area contributed by atoms with Gasteiger partial charge in [0.2, 0.25) is 5.82 Å². The third-order valence-electron chi connectivity index (χ3n) is 2.63. The molecule has 0 aliphatic rings. The molecule has 4 nitrogen and oxygen atoms in total. The van der Waals surface area contributed by atoms with Crippen LogP contribution in [0.25, 0.3) is 11.3 Å². The molecule has 0 atom stereocenters. The predicted molar refractivity (Wildman–Crippen MR) is 60.8 cm³/mol. The Kier molecular flexibility index (Phi) is 3.50. The molecule has 0 unspecified atom stereocenters. The molecule has 1 aromatic carbocycles. The average Bonchev–Trinajstić information content (AvgIpc) is 2.44. The lowest BCUT2D eigenvalue weighted by Gasteiger charge is -2.09. The molecule has 0 spiro atoms. The van der Waals surface area contributed by atoms with Crippen LogP contribution in [0.3, 0.4) is 0 Å². The van der Waals surface area contributed by atoms with Crippen molar-refractivity contribution in [2.45, 2.75) is 0 Å². The molecule has 0 radical (unpaired) electrons. The van der Waals surface area contributed by atoms with Crippen LogP contribution in [-0.2, 0) is 0 Å². The number of hydrogen-bond donors (Lipinski definition) is 2. The molecule has 0 saturated heterocycles. The third-order valence-corrected chi connectivity index (χ3v) is 2.63. The molecular formula is C12H5F5N2O2. The number of aromatic carboxylic acids is 1. The highest BCUT2D eigenvalue weighted by atomic mass is 19.2. The van der Waals surface area contributed by atoms with Gasteiger partial charge in [-0.05, 0) is 6.07 Å². The monoisotopic (exact) mass is 304 g/mol. The minimum atomic E-state index is -2.32. The largest absolute Gasteiger partial charge is 0.478 e. The highest BCUT2D eigenvalue weighted by Gasteiger charge is 2.28. The Balaban J connectivity index is 2.80. The van der Waals surface area contributed by atoms with E-state index in [2.05, 4.69) is 4.98 Å². The Hall–Kier alpha value is -2.71. The second kappa shape index (κ2) is 5.00. The molecule has 1 heterocycles. The van der Waals surface area contributed by atoms with Crippen molar-refractivity contribution in [1.82, 2.24) is 4.98 Å². The van der Waals surface area contributed by atoms with Crippen molar-refractivity contribution >= 4 is 11.7 Å². The maximum absolute atomic E-state index is 13.6. The highest BCUT2D eigenvalue weighted by molar-refractivity contribution is 5.94. The van der Waals surface area contributed by atoms with E-state index in [4.69, 9.17) is 10.8 Å². The van der Waals surface area contributed by atoms with Gasteiger partial charge in [-0.3, -0.25) is 4.98 Å².